The molecule has 0 spiro atoms. The van der Waals surface area contributed by atoms with E-state index in [2.05, 4.69) is 32.2 Å². The first-order valence-electron chi connectivity index (χ1n) is 6.58. The van der Waals surface area contributed by atoms with Gasteiger partial charge in [-0.05, 0) is 36.3 Å². The van der Waals surface area contributed by atoms with Crippen LogP contribution in [-0.2, 0) is 0 Å². The van der Waals surface area contributed by atoms with Crippen molar-refractivity contribution in [3.8, 4) is 23.5 Å². The van der Waals surface area contributed by atoms with E-state index in [1.165, 1.54) is 0 Å². The molecule has 23 heavy (non-hydrogen) atoms. The van der Waals surface area contributed by atoms with Crippen molar-refractivity contribution >= 4 is 5.97 Å². The van der Waals surface area contributed by atoms with Crippen LogP contribution >= 0.6 is 0 Å². The Balaban J connectivity index is 1.82. The summed E-state index contributed by atoms with van der Waals surface area (Å²) in [6.07, 6.45) is 1.67. The van der Waals surface area contributed by atoms with Crippen LogP contribution in [-0.4, -0.2) is 31.5 Å². The lowest BCUT2D eigenvalue weighted by atomic mass is 10.2. The zero-order chi connectivity index (χ0) is 16.1. The van der Waals surface area contributed by atoms with Crippen molar-refractivity contribution < 1.29 is 14.6 Å². The Morgan fingerprint density at radius 2 is 2.09 bits per heavy atom. The molecule has 0 atom stereocenters. The van der Waals surface area contributed by atoms with Gasteiger partial charge in [0, 0.05) is 11.8 Å². The largest absolute Gasteiger partial charge is 0.476 e. The van der Waals surface area contributed by atoms with Gasteiger partial charge in [-0.2, -0.15) is 0 Å². The Morgan fingerprint density at radius 1 is 1.17 bits per heavy atom. The number of nitrogens with one attached hydrogen (secondary N) is 1. The summed E-state index contributed by atoms with van der Waals surface area (Å²) in [7, 11) is 0. The molecule has 0 fully saturated rings. The molecule has 0 amide bonds. The number of carboxylic acid groups (broad SMARTS) is 1. The number of rotatable bonds is 3. The number of H-pyrrole nitrogens is 1. The summed E-state index contributed by atoms with van der Waals surface area (Å²) in [5.74, 6) is 5.07. The van der Waals surface area contributed by atoms with Crippen LogP contribution in [0.3, 0.4) is 0 Å². The average molecular weight is 306 g/mol. The number of carboxylic acids is 1. The van der Waals surface area contributed by atoms with Crippen LogP contribution in [0.25, 0.3) is 0 Å². The number of carbonyl (C=O) groups is 1. The Labute approximate surface area is 131 Å². The summed E-state index contributed by atoms with van der Waals surface area (Å²) in [5.41, 5.74) is 1.08. The molecule has 1 aromatic carbocycles. The molecule has 0 saturated carbocycles. The van der Waals surface area contributed by atoms with E-state index in [4.69, 9.17) is 9.84 Å². The lowest BCUT2D eigenvalue weighted by Crippen LogP contribution is -1.99. The predicted octanol–water partition coefficient (Wildman–Crippen LogP) is 2.09. The van der Waals surface area contributed by atoms with E-state index < -0.39 is 5.97 Å². The highest BCUT2D eigenvalue weighted by Crippen LogP contribution is 2.22. The summed E-state index contributed by atoms with van der Waals surface area (Å²) >= 11 is 0. The van der Waals surface area contributed by atoms with Crippen molar-refractivity contribution in [1.82, 2.24) is 20.4 Å². The zero-order valence-electron chi connectivity index (χ0n) is 11.7. The number of aromatic nitrogens is 4. The van der Waals surface area contributed by atoms with Crippen molar-refractivity contribution in [3.05, 3.63) is 65.6 Å². The summed E-state index contributed by atoms with van der Waals surface area (Å²) in [4.78, 5) is 15.1. The smallest absolute Gasteiger partial charge is 0.362 e. The normalized spacial score (nSPS) is 9.74. The van der Waals surface area contributed by atoms with E-state index in [1.54, 1.807) is 24.4 Å². The molecular weight excluding hydrogens is 296 g/mol. The molecule has 7 heteroatoms. The Kier molecular flexibility index (Phi) is 3.98. The molecule has 0 aliphatic rings. The van der Waals surface area contributed by atoms with Crippen molar-refractivity contribution in [2.75, 3.05) is 0 Å². The van der Waals surface area contributed by atoms with Crippen LogP contribution in [0.1, 0.15) is 21.7 Å². The van der Waals surface area contributed by atoms with E-state index in [-0.39, 0.29) is 11.6 Å². The second kappa shape index (κ2) is 6.41. The van der Waals surface area contributed by atoms with Crippen molar-refractivity contribution in [2.45, 2.75) is 0 Å². The first-order chi connectivity index (χ1) is 11.2. The minimum absolute atomic E-state index is 0.0349. The molecule has 7 nitrogen and oxygen atoms in total. The number of aromatic carboxylic acids is 1. The molecule has 0 bridgehead atoms. The van der Waals surface area contributed by atoms with Crippen molar-refractivity contribution in [3.63, 3.8) is 0 Å². The van der Waals surface area contributed by atoms with Crippen molar-refractivity contribution in [2.24, 2.45) is 0 Å². The number of aromatic amines is 1. The van der Waals surface area contributed by atoms with Gasteiger partial charge in [-0.1, -0.05) is 23.3 Å². The van der Waals surface area contributed by atoms with Gasteiger partial charge in [-0.25, -0.2) is 14.9 Å². The lowest BCUT2D eigenvalue weighted by molar-refractivity contribution is 0.0687. The number of pyridine rings is 1. The fraction of sp³-hybridized carbons (Fsp3) is 0. The third kappa shape index (κ3) is 3.51. The van der Waals surface area contributed by atoms with Gasteiger partial charge in [0.2, 0.25) is 5.69 Å². The maximum Gasteiger partial charge on any atom is 0.362 e. The molecule has 0 aliphatic heterocycles. The fourth-order valence-electron chi connectivity index (χ4n) is 1.76. The Bertz CT molecular complexity index is 894. The van der Waals surface area contributed by atoms with Crippen LogP contribution in [0.4, 0.5) is 0 Å². The van der Waals surface area contributed by atoms with Gasteiger partial charge in [0.25, 0.3) is 5.88 Å². The van der Waals surface area contributed by atoms with Gasteiger partial charge in [0.05, 0.1) is 0 Å². The van der Waals surface area contributed by atoms with E-state index in [0.29, 0.717) is 17.0 Å². The topological polar surface area (TPSA) is 101 Å². The van der Waals surface area contributed by atoms with E-state index in [9.17, 15) is 4.79 Å². The average Bonchev–Trinajstić information content (AvgIpc) is 3.03. The molecule has 2 aromatic heterocycles. The van der Waals surface area contributed by atoms with Gasteiger partial charge in [-0.15, -0.1) is 5.10 Å². The molecule has 3 aromatic rings. The summed E-state index contributed by atoms with van der Waals surface area (Å²) in [5, 5.41) is 18.2. The van der Waals surface area contributed by atoms with Gasteiger partial charge < -0.3 is 9.84 Å². The highest BCUT2D eigenvalue weighted by molar-refractivity contribution is 5.87. The minimum atomic E-state index is -1.22. The Morgan fingerprint density at radius 3 is 2.87 bits per heavy atom. The van der Waals surface area contributed by atoms with Crippen LogP contribution in [0.5, 0.6) is 11.6 Å². The molecule has 3 rings (SSSR count). The number of ether oxygens (including phenoxy) is 1. The second-order valence-corrected chi connectivity index (χ2v) is 4.39. The highest BCUT2D eigenvalue weighted by atomic mass is 16.5. The van der Waals surface area contributed by atoms with Crippen molar-refractivity contribution in [1.29, 1.82) is 0 Å². The van der Waals surface area contributed by atoms with E-state index >= 15 is 0 Å². The minimum Gasteiger partial charge on any atom is -0.476 e. The van der Waals surface area contributed by atoms with Gasteiger partial charge in [0.1, 0.15) is 11.4 Å². The summed E-state index contributed by atoms with van der Waals surface area (Å²) in [6.45, 7) is 0. The van der Waals surface area contributed by atoms with E-state index in [1.807, 2.05) is 24.3 Å². The van der Waals surface area contributed by atoms with Crippen LogP contribution in [0.15, 0.2) is 48.7 Å². The van der Waals surface area contributed by atoms with Gasteiger partial charge in [0.15, 0.2) is 0 Å². The molecule has 2 heterocycles. The van der Waals surface area contributed by atoms with Crippen LogP contribution in [0.2, 0.25) is 0 Å². The maximum atomic E-state index is 11.0. The number of benzene rings is 1. The number of hydrogen-bond donors (Lipinski definition) is 2. The van der Waals surface area contributed by atoms with Crippen LogP contribution in [0, 0.1) is 11.8 Å². The number of hydrogen-bond acceptors (Lipinski definition) is 5. The van der Waals surface area contributed by atoms with Crippen LogP contribution < -0.4 is 4.74 Å². The molecule has 0 saturated heterocycles. The fourth-order valence-corrected chi connectivity index (χ4v) is 1.76. The maximum absolute atomic E-state index is 11.0. The molecule has 0 radical (unpaired) electrons. The summed E-state index contributed by atoms with van der Waals surface area (Å²) in [6, 6.07) is 12.4. The molecule has 2 N–H and O–H groups in total. The second-order valence-electron chi connectivity index (χ2n) is 4.39. The third-order valence-electron chi connectivity index (χ3n) is 2.77. The monoisotopic (exact) mass is 306 g/mol. The SMILES string of the molecule is O=C(O)c1nn[nH]c1Oc1cccc(C#Cc2ccccn2)c1. The first-order valence-corrected chi connectivity index (χ1v) is 6.58. The third-order valence-corrected chi connectivity index (χ3v) is 2.77. The molecular formula is C16H10N4O3. The first kappa shape index (κ1) is 14.3. The van der Waals surface area contributed by atoms with Gasteiger partial charge >= 0.3 is 5.97 Å². The number of nitrogens with zero attached hydrogens (tertiary/aromatic N) is 3. The standard InChI is InChI=1S/C16H10N4O3/c21-16(22)14-15(19-20-18-14)23-13-6-3-4-11(10-13)7-8-12-5-1-2-9-17-12/h1-6,9-10H,(H,21,22)(H,18,19,20). The quantitative estimate of drug-likeness (QED) is 0.719. The molecule has 112 valence electrons. The molecule has 0 unspecified atom stereocenters. The predicted molar refractivity (Wildman–Crippen MR) is 80.1 cm³/mol. The zero-order valence-corrected chi connectivity index (χ0v) is 11.7. The summed E-state index contributed by atoms with van der Waals surface area (Å²) < 4.78 is 5.46. The lowest BCUT2D eigenvalue weighted by Gasteiger charge is -2.03. The molecule has 0 aliphatic carbocycles. The van der Waals surface area contributed by atoms with E-state index in [0.717, 1.165) is 0 Å². The Hall–Kier alpha value is -3.66. The highest BCUT2D eigenvalue weighted by Gasteiger charge is 2.16. The van der Waals surface area contributed by atoms with Gasteiger partial charge in [-0.3, -0.25) is 0 Å².